The second-order valence-electron chi connectivity index (χ2n) is 4.05. The average molecular weight is 366 g/mol. The lowest BCUT2D eigenvalue weighted by Crippen LogP contribution is -2.01. The van der Waals surface area contributed by atoms with Crippen LogP contribution >= 0.6 is 39.1 Å². The first kappa shape index (κ1) is 14.8. The number of benzene rings is 2. The Balaban J connectivity index is 2.28. The van der Waals surface area contributed by atoms with Crippen LogP contribution in [0, 0.1) is 11.6 Å². The molecule has 19 heavy (non-hydrogen) atoms. The summed E-state index contributed by atoms with van der Waals surface area (Å²) >= 11 is 15.6. The van der Waals surface area contributed by atoms with Gasteiger partial charge in [0.15, 0.2) is 11.6 Å². The summed E-state index contributed by atoms with van der Waals surface area (Å²) < 4.78 is 27.5. The van der Waals surface area contributed by atoms with E-state index in [1.165, 1.54) is 12.1 Å². The van der Waals surface area contributed by atoms with Gasteiger partial charge in [-0.15, -0.1) is 11.6 Å². The van der Waals surface area contributed by atoms with Crippen molar-refractivity contribution in [1.82, 2.24) is 0 Å². The van der Waals surface area contributed by atoms with E-state index in [1.54, 1.807) is 18.2 Å². The molecule has 1 atom stereocenters. The van der Waals surface area contributed by atoms with E-state index < -0.39 is 17.0 Å². The van der Waals surface area contributed by atoms with Gasteiger partial charge < -0.3 is 0 Å². The molecule has 0 radical (unpaired) electrons. The van der Waals surface area contributed by atoms with Gasteiger partial charge in [-0.1, -0.05) is 39.7 Å². The molecule has 0 aliphatic rings. The Morgan fingerprint density at radius 1 is 1.16 bits per heavy atom. The molecule has 0 aliphatic heterocycles. The van der Waals surface area contributed by atoms with Crippen LogP contribution in [0.4, 0.5) is 8.78 Å². The number of hydrogen-bond donors (Lipinski definition) is 0. The lowest BCUT2D eigenvalue weighted by atomic mass is 10.0. The van der Waals surface area contributed by atoms with Crippen LogP contribution in [0.1, 0.15) is 16.5 Å². The summed E-state index contributed by atoms with van der Waals surface area (Å²) in [6, 6.07) is 9.32. The van der Waals surface area contributed by atoms with E-state index in [-0.39, 0.29) is 12.0 Å². The largest absolute Gasteiger partial charge is 0.204 e. The topological polar surface area (TPSA) is 0 Å². The van der Waals surface area contributed by atoms with E-state index in [0.29, 0.717) is 10.6 Å². The molecule has 0 bridgehead atoms. The number of rotatable bonds is 3. The predicted molar refractivity (Wildman–Crippen MR) is 77.8 cm³/mol. The van der Waals surface area contributed by atoms with Gasteiger partial charge in [0.1, 0.15) is 0 Å². The third-order valence-corrected chi connectivity index (χ3v) is 3.95. The quantitative estimate of drug-likeness (QED) is 0.593. The molecule has 0 spiro atoms. The SMILES string of the molecule is Fc1cccc(CC(Cl)c2cc(Br)ccc2Cl)c1F. The molecule has 100 valence electrons. The Bertz CT molecular complexity index is 602. The van der Waals surface area contributed by atoms with Crippen molar-refractivity contribution in [1.29, 1.82) is 0 Å². The van der Waals surface area contributed by atoms with Gasteiger partial charge in [-0.2, -0.15) is 0 Å². The highest BCUT2D eigenvalue weighted by Crippen LogP contribution is 2.33. The molecule has 0 amide bonds. The van der Waals surface area contributed by atoms with E-state index in [9.17, 15) is 8.78 Å². The van der Waals surface area contributed by atoms with Gasteiger partial charge in [0, 0.05) is 9.50 Å². The zero-order chi connectivity index (χ0) is 14.0. The lowest BCUT2D eigenvalue weighted by molar-refractivity contribution is 0.498. The molecule has 0 nitrogen and oxygen atoms in total. The first-order valence-corrected chi connectivity index (χ1v) is 7.11. The Labute approximate surface area is 128 Å². The molecule has 0 aromatic heterocycles. The van der Waals surface area contributed by atoms with E-state index in [4.69, 9.17) is 23.2 Å². The molecular weight excluding hydrogens is 357 g/mol. The van der Waals surface area contributed by atoms with Crippen LogP contribution in [0.15, 0.2) is 40.9 Å². The number of hydrogen-bond acceptors (Lipinski definition) is 0. The van der Waals surface area contributed by atoms with Crippen molar-refractivity contribution in [2.24, 2.45) is 0 Å². The molecule has 1 unspecified atom stereocenters. The molecule has 0 aliphatic carbocycles. The van der Waals surface area contributed by atoms with E-state index >= 15 is 0 Å². The maximum absolute atomic E-state index is 13.6. The normalized spacial score (nSPS) is 12.5. The van der Waals surface area contributed by atoms with Gasteiger partial charge in [0.25, 0.3) is 0 Å². The number of halogens is 5. The second-order valence-corrected chi connectivity index (χ2v) is 5.90. The highest BCUT2D eigenvalue weighted by Gasteiger charge is 2.16. The van der Waals surface area contributed by atoms with Gasteiger partial charge in [-0.3, -0.25) is 0 Å². The lowest BCUT2D eigenvalue weighted by Gasteiger charge is -2.13. The van der Waals surface area contributed by atoms with E-state index in [2.05, 4.69) is 15.9 Å². The molecule has 5 heteroatoms. The smallest absolute Gasteiger partial charge is 0.162 e. The molecular formula is C14H9BrCl2F2. The Kier molecular flexibility index (Phi) is 4.82. The van der Waals surface area contributed by atoms with E-state index in [0.717, 1.165) is 10.5 Å². The first-order valence-electron chi connectivity index (χ1n) is 5.51. The van der Waals surface area contributed by atoms with Gasteiger partial charge in [-0.25, -0.2) is 8.78 Å². The van der Waals surface area contributed by atoms with Crippen LogP contribution in [0.25, 0.3) is 0 Å². The summed E-state index contributed by atoms with van der Waals surface area (Å²) in [7, 11) is 0. The predicted octanol–water partition coefficient (Wildman–Crippen LogP) is 5.90. The Hall–Kier alpha value is -0.640. The number of alkyl halides is 1. The van der Waals surface area contributed by atoms with Crippen LogP contribution in [0.2, 0.25) is 5.02 Å². The summed E-state index contributed by atoms with van der Waals surface area (Å²) in [6.45, 7) is 0. The second kappa shape index (κ2) is 6.21. The van der Waals surface area contributed by atoms with Gasteiger partial charge in [0.05, 0.1) is 5.38 Å². The average Bonchev–Trinajstić information content (AvgIpc) is 2.38. The van der Waals surface area contributed by atoms with Crippen molar-refractivity contribution in [2.75, 3.05) is 0 Å². The standard InChI is InChI=1S/C14H9BrCl2F2/c15-9-4-5-11(16)10(7-9)12(17)6-8-2-1-3-13(18)14(8)19/h1-5,7,12H,6H2. The van der Waals surface area contributed by atoms with Crippen LogP contribution in [0.3, 0.4) is 0 Å². The highest BCUT2D eigenvalue weighted by molar-refractivity contribution is 9.10. The molecule has 2 rings (SSSR count). The zero-order valence-electron chi connectivity index (χ0n) is 9.64. The minimum absolute atomic E-state index is 0.168. The molecule has 0 saturated heterocycles. The molecule has 0 saturated carbocycles. The molecule has 0 heterocycles. The minimum Gasteiger partial charge on any atom is -0.204 e. The van der Waals surface area contributed by atoms with Crippen molar-refractivity contribution < 1.29 is 8.78 Å². The fourth-order valence-corrected chi connectivity index (χ4v) is 2.79. The van der Waals surface area contributed by atoms with Gasteiger partial charge >= 0.3 is 0 Å². The molecule has 0 fully saturated rings. The van der Waals surface area contributed by atoms with Crippen molar-refractivity contribution in [3.05, 3.63) is 68.7 Å². The van der Waals surface area contributed by atoms with Crippen molar-refractivity contribution >= 4 is 39.1 Å². The van der Waals surface area contributed by atoms with Crippen LogP contribution in [-0.4, -0.2) is 0 Å². The zero-order valence-corrected chi connectivity index (χ0v) is 12.7. The van der Waals surface area contributed by atoms with Crippen molar-refractivity contribution in [3.63, 3.8) is 0 Å². The summed E-state index contributed by atoms with van der Waals surface area (Å²) in [5.74, 6) is -1.74. The summed E-state index contributed by atoms with van der Waals surface area (Å²) in [4.78, 5) is 0. The summed E-state index contributed by atoms with van der Waals surface area (Å²) in [5, 5.41) is -0.0266. The van der Waals surface area contributed by atoms with Crippen molar-refractivity contribution in [2.45, 2.75) is 11.8 Å². The summed E-state index contributed by atoms with van der Waals surface area (Å²) in [6.07, 6.45) is 0.168. The first-order chi connectivity index (χ1) is 8.99. The third-order valence-electron chi connectivity index (χ3n) is 2.73. The maximum atomic E-state index is 13.6. The fraction of sp³-hybridized carbons (Fsp3) is 0.143. The fourth-order valence-electron chi connectivity index (χ4n) is 1.76. The van der Waals surface area contributed by atoms with Crippen LogP contribution in [0.5, 0.6) is 0 Å². The molecule has 2 aromatic rings. The van der Waals surface area contributed by atoms with Crippen molar-refractivity contribution in [3.8, 4) is 0 Å². The van der Waals surface area contributed by atoms with Gasteiger partial charge in [0.2, 0.25) is 0 Å². The molecule has 2 aromatic carbocycles. The van der Waals surface area contributed by atoms with E-state index in [1.807, 2.05) is 0 Å². The maximum Gasteiger partial charge on any atom is 0.162 e. The summed E-state index contributed by atoms with van der Waals surface area (Å²) in [5.41, 5.74) is 0.914. The minimum atomic E-state index is -0.873. The highest BCUT2D eigenvalue weighted by atomic mass is 79.9. The van der Waals surface area contributed by atoms with Crippen LogP contribution in [-0.2, 0) is 6.42 Å². The van der Waals surface area contributed by atoms with Crippen LogP contribution < -0.4 is 0 Å². The Morgan fingerprint density at radius 2 is 1.89 bits per heavy atom. The third kappa shape index (κ3) is 3.47. The Morgan fingerprint density at radius 3 is 2.63 bits per heavy atom. The monoisotopic (exact) mass is 364 g/mol. The molecule has 0 N–H and O–H groups in total. The van der Waals surface area contributed by atoms with Gasteiger partial charge in [-0.05, 0) is 41.8 Å².